The van der Waals surface area contributed by atoms with Crippen LogP contribution >= 0.6 is 11.3 Å². The Morgan fingerprint density at radius 1 is 1.50 bits per heavy atom. The first kappa shape index (κ1) is 14.5. The van der Waals surface area contributed by atoms with Gasteiger partial charge in [-0.25, -0.2) is 9.78 Å². The topological polar surface area (TPSA) is 69.0 Å². The number of amides is 1. The lowest BCUT2D eigenvalue weighted by atomic mass is 10.1. The number of nitrogens with one attached hydrogen (secondary N) is 1. The lowest BCUT2D eigenvalue weighted by molar-refractivity contribution is 0.132. The number of thiazole rings is 1. The van der Waals surface area contributed by atoms with Crippen LogP contribution < -0.4 is 5.32 Å². The number of ether oxygens (including phenoxy) is 1. The first-order chi connectivity index (χ1) is 9.33. The summed E-state index contributed by atoms with van der Waals surface area (Å²) in [6.45, 7) is 5.92. The number of hydrogen-bond acceptors (Lipinski definition) is 5. The highest BCUT2D eigenvalue weighted by atomic mass is 32.1. The van der Waals surface area contributed by atoms with E-state index >= 15 is 0 Å². The lowest BCUT2D eigenvalue weighted by Gasteiger charge is -2.19. The van der Waals surface area contributed by atoms with E-state index in [1.54, 1.807) is 10.9 Å². The molecule has 2 aromatic rings. The molecule has 0 saturated heterocycles. The largest absolute Gasteiger partial charge is 0.444 e. The first-order valence-electron chi connectivity index (χ1n) is 6.23. The zero-order chi connectivity index (χ0) is 14.8. The summed E-state index contributed by atoms with van der Waals surface area (Å²) in [6, 6.07) is 1.90. The number of rotatable bonds is 3. The Kier molecular flexibility index (Phi) is 4.08. The number of aromatic nitrogens is 3. The van der Waals surface area contributed by atoms with Gasteiger partial charge in [0.15, 0.2) is 0 Å². The summed E-state index contributed by atoms with van der Waals surface area (Å²) in [5, 5.41) is 7.84. The molecule has 0 unspecified atom stereocenters. The zero-order valence-electron chi connectivity index (χ0n) is 12.0. The minimum absolute atomic E-state index is 0.215. The fraction of sp³-hybridized carbons (Fsp3) is 0.462. The highest BCUT2D eigenvalue weighted by Crippen LogP contribution is 2.23. The zero-order valence-corrected chi connectivity index (χ0v) is 12.8. The van der Waals surface area contributed by atoms with E-state index in [0.717, 1.165) is 15.6 Å². The van der Waals surface area contributed by atoms with Crippen molar-refractivity contribution in [3.05, 3.63) is 23.3 Å². The molecule has 20 heavy (non-hydrogen) atoms. The molecule has 2 heterocycles. The fourth-order valence-corrected chi connectivity index (χ4v) is 2.29. The molecular formula is C13H18N4O2S. The van der Waals surface area contributed by atoms with Crippen molar-refractivity contribution < 1.29 is 9.53 Å². The molecule has 0 aliphatic carbocycles. The van der Waals surface area contributed by atoms with Gasteiger partial charge in [0, 0.05) is 25.0 Å². The second-order valence-electron chi connectivity index (χ2n) is 5.46. The molecule has 2 rings (SSSR count). The first-order valence-corrected chi connectivity index (χ1v) is 7.05. The third kappa shape index (κ3) is 4.06. The number of carbonyl (C=O) groups excluding carboxylic acids is 1. The number of aryl methyl sites for hydroxylation is 1. The van der Waals surface area contributed by atoms with Crippen molar-refractivity contribution in [2.45, 2.75) is 32.9 Å². The van der Waals surface area contributed by atoms with Gasteiger partial charge in [-0.05, 0) is 26.8 Å². The van der Waals surface area contributed by atoms with Crippen molar-refractivity contribution in [3.8, 4) is 10.7 Å². The Labute approximate surface area is 121 Å². The molecule has 0 bridgehead atoms. The molecule has 0 aliphatic rings. The normalized spacial score (nSPS) is 11.4. The van der Waals surface area contributed by atoms with Crippen LogP contribution in [0.15, 0.2) is 18.5 Å². The Balaban J connectivity index is 1.92. The summed E-state index contributed by atoms with van der Waals surface area (Å²) in [7, 11) is 1.86. The molecule has 6 nitrogen and oxygen atoms in total. The molecule has 0 aliphatic heterocycles. The van der Waals surface area contributed by atoms with E-state index in [-0.39, 0.29) is 12.1 Å². The monoisotopic (exact) mass is 294 g/mol. The number of hydrogen-bond donors (Lipinski definition) is 1. The molecule has 0 atom stereocenters. The highest BCUT2D eigenvalue weighted by Gasteiger charge is 2.15. The van der Waals surface area contributed by atoms with Crippen molar-refractivity contribution >= 4 is 17.4 Å². The Hall–Kier alpha value is -1.89. The van der Waals surface area contributed by atoms with Crippen molar-refractivity contribution in [1.82, 2.24) is 20.1 Å². The quantitative estimate of drug-likeness (QED) is 0.944. The lowest BCUT2D eigenvalue weighted by Crippen LogP contribution is -2.40. The average molecular weight is 294 g/mol. The van der Waals surface area contributed by atoms with Crippen LogP contribution in [0.25, 0.3) is 10.7 Å². The molecule has 108 valence electrons. The van der Waals surface area contributed by atoms with Crippen molar-refractivity contribution in [2.24, 2.45) is 7.05 Å². The van der Waals surface area contributed by atoms with Crippen molar-refractivity contribution in [2.75, 3.05) is 0 Å². The van der Waals surface area contributed by atoms with Gasteiger partial charge in [-0.3, -0.25) is 4.68 Å². The van der Waals surface area contributed by atoms with Crippen LogP contribution in [-0.4, -0.2) is 26.4 Å². The maximum atomic E-state index is 11.5. The summed E-state index contributed by atoms with van der Waals surface area (Å²) < 4.78 is 6.88. The van der Waals surface area contributed by atoms with Gasteiger partial charge < -0.3 is 10.1 Å². The van der Waals surface area contributed by atoms with E-state index < -0.39 is 6.09 Å². The molecule has 1 amide bonds. The van der Waals surface area contributed by atoms with Crippen LogP contribution in [0.1, 0.15) is 25.6 Å². The summed E-state index contributed by atoms with van der Waals surface area (Å²) in [4.78, 5) is 16.7. The standard InChI is InChI=1S/C13H18N4O2S/c1-13(2,3)15-12(18)19-8-9-7-14-11(20-9)10-5-6-17(4)16-10/h5-7H,8H2,1-4H3,(H,15,18). The van der Waals surface area contributed by atoms with E-state index in [9.17, 15) is 4.79 Å². The maximum Gasteiger partial charge on any atom is 0.407 e. The van der Waals surface area contributed by atoms with Gasteiger partial charge in [0.2, 0.25) is 0 Å². The Bertz CT molecular complexity index is 598. The summed E-state index contributed by atoms with van der Waals surface area (Å²) in [5.74, 6) is 0. The van der Waals surface area contributed by atoms with Crippen molar-refractivity contribution in [1.29, 1.82) is 0 Å². The van der Waals surface area contributed by atoms with E-state index in [1.165, 1.54) is 11.3 Å². The molecule has 2 aromatic heterocycles. The van der Waals surface area contributed by atoms with Gasteiger partial charge in [-0.2, -0.15) is 5.10 Å². The minimum Gasteiger partial charge on any atom is -0.444 e. The van der Waals surface area contributed by atoms with Gasteiger partial charge in [-0.15, -0.1) is 11.3 Å². The van der Waals surface area contributed by atoms with E-state index in [0.29, 0.717) is 0 Å². The van der Waals surface area contributed by atoms with Gasteiger partial charge in [0.05, 0.1) is 4.88 Å². The van der Waals surface area contributed by atoms with E-state index in [1.807, 2.05) is 40.1 Å². The van der Waals surface area contributed by atoms with Crippen LogP contribution in [0.2, 0.25) is 0 Å². The van der Waals surface area contributed by atoms with Gasteiger partial charge in [0.25, 0.3) is 0 Å². The molecule has 0 fully saturated rings. The van der Waals surface area contributed by atoms with Crippen LogP contribution in [-0.2, 0) is 18.4 Å². The second-order valence-corrected chi connectivity index (χ2v) is 6.57. The van der Waals surface area contributed by atoms with Gasteiger partial charge in [-0.1, -0.05) is 0 Å². The summed E-state index contributed by atoms with van der Waals surface area (Å²) in [5.41, 5.74) is 0.520. The number of nitrogens with zero attached hydrogens (tertiary/aromatic N) is 3. The molecule has 7 heteroatoms. The summed E-state index contributed by atoms with van der Waals surface area (Å²) >= 11 is 1.47. The highest BCUT2D eigenvalue weighted by molar-refractivity contribution is 7.14. The molecule has 0 spiro atoms. The Morgan fingerprint density at radius 3 is 2.85 bits per heavy atom. The van der Waals surface area contributed by atoms with E-state index in [4.69, 9.17) is 4.74 Å². The third-order valence-corrected chi connectivity index (χ3v) is 3.30. The minimum atomic E-state index is -0.426. The van der Waals surface area contributed by atoms with Gasteiger partial charge >= 0.3 is 6.09 Å². The maximum absolute atomic E-state index is 11.5. The molecule has 0 aromatic carbocycles. The smallest absolute Gasteiger partial charge is 0.407 e. The van der Waals surface area contributed by atoms with Crippen LogP contribution in [0.3, 0.4) is 0 Å². The fourth-order valence-electron chi connectivity index (χ4n) is 1.50. The van der Waals surface area contributed by atoms with Crippen LogP contribution in [0.5, 0.6) is 0 Å². The molecular weight excluding hydrogens is 276 g/mol. The van der Waals surface area contributed by atoms with E-state index in [2.05, 4.69) is 15.4 Å². The second kappa shape index (κ2) is 5.62. The predicted molar refractivity (Wildman–Crippen MR) is 77.4 cm³/mol. The van der Waals surface area contributed by atoms with Crippen LogP contribution in [0.4, 0.5) is 4.79 Å². The molecule has 1 N–H and O–H groups in total. The number of carbonyl (C=O) groups is 1. The summed E-state index contributed by atoms with van der Waals surface area (Å²) in [6.07, 6.45) is 3.15. The number of alkyl carbamates (subject to hydrolysis) is 1. The SMILES string of the molecule is Cn1ccc(-c2ncc(COC(=O)NC(C)(C)C)s2)n1. The molecule has 0 saturated carbocycles. The predicted octanol–water partition coefficient (Wildman–Crippen LogP) is 2.57. The third-order valence-electron chi connectivity index (χ3n) is 2.31. The van der Waals surface area contributed by atoms with Crippen molar-refractivity contribution in [3.63, 3.8) is 0 Å². The van der Waals surface area contributed by atoms with Gasteiger partial charge in [0.1, 0.15) is 17.3 Å². The molecule has 0 radical (unpaired) electrons. The average Bonchev–Trinajstić information content (AvgIpc) is 2.92. The van der Waals surface area contributed by atoms with Crippen LogP contribution in [0, 0.1) is 0 Å². The Morgan fingerprint density at radius 2 is 2.25 bits per heavy atom.